The Labute approximate surface area is 194 Å². The number of nitrogens with one attached hydrogen (secondary N) is 2. The lowest BCUT2D eigenvalue weighted by molar-refractivity contribution is -0.118. The predicted octanol–water partition coefficient (Wildman–Crippen LogP) is 4.17. The number of benzene rings is 1. The number of amides is 2. The van der Waals surface area contributed by atoms with Crippen molar-refractivity contribution in [2.45, 2.75) is 53.1 Å². The third-order valence-electron chi connectivity index (χ3n) is 5.57. The number of carbonyl (C=O) groups is 2. The maximum absolute atomic E-state index is 12.9. The van der Waals surface area contributed by atoms with Gasteiger partial charge in [-0.15, -0.1) is 11.3 Å². The van der Waals surface area contributed by atoms with Crippen LogP contribution >= 0.6 is 11.3 Å². The molecule has 0 saturated carbocycles. The standard InChI is InChI=1S/C24H34N4O3S/c1-5-31-20-10-8-18(9-11-20)22(29)26-21(16(2)3)23(30)27-24-25-19(15-32-24)14-28-12-6-7-17(4)13-28/h8-11,15-17,21H,5-7,12-14H2,1-4H3,(H,26,29)(H,25,27,30)/t17?,21-/m0/s1. The Morgan fingerprint density at radius 3 is 2.69 bits per heavy atom. The molecule has 174 valence electrons. The predicted molar refractivity (Wildman–Crippen MR) is 128 cm³/mol. The maximum Gasteiger partial charge on any atom is 0.251 e. The first-order chi connectivity index (χ1) is 15.4. The van der Waals surface area contributed by atoms with Crippen LogP contribution in [0.3, 0.4) is 0 Å². The van der Waals surface area contributed by atoms with Crippen molar-refractivity contribution in [1.29, 1.82) is 0 Å². The molecular formula is C24H34N4O3S. The van der Waals surface area contributed by atoms with Crippen LogP contribution < -0.4 is 15.4 Å². The quantitative estimate of drug-likeness (QED) is 0.589. The van der Waals surface area contributed by atoms with Crippen molar-refractivity contribution < 1.29 is 14.3 Å². The molecule has 2 N–H and O–H groups in total. The van der Waals surface area contributed by atoms with E-state index < -0.39 is 6.04 Å². The zero-order chi connectivity index (χ0) is 23.1. The molecule has 1 unspecified atom stereocenters. The number of nitrogens with zero attached hydrogens (tertiary/aromatic N) is 2. The molecule has 1 aliphatic rings. The Kier molecular flexibility index (Phi) is 8.64. The molecular weight excluding hydrogens is 424 g/mol. The van der Waals surface area contributed by atoms with Crippen molar-refractivity contribution in [3.63, 3.8) is 0 Å². The van der Waals surface area contributed by atoms with Crippen LogP contribution in [0.4, 0.5) is 5.13 Å². The van der Waals surface area contributed by atoms with E-state index in [1.807, 2.05) is 26.2 Å². The van der Waals surface area contributed by atoms with Crippen molar-refractivity contribution in [3.8, 4) is 5.75 Å². The summed E-state index contributed by atoms with van der Waals surface area (Å²) in [6, 6.07) is 6.24. The Hall–Kier alpha value is -2.45. The highest BCUT2D eigenvalue weighted by molar-refractivity contribution is 7.13. The monoisotopic (exact) mass is 458 g/mol. The summed E-state index contributed by atoms with van der Waals surface area (Å²) >= 11 is 1.42. The Bertz CT molecular complexity index is 897. The van der Waals surface area contributed by atoms with Crippen LogP contribution in [0, 0.1) is 11.8 Å². The maximum atomic E-state index is 12.9. The first-order valence-electron chi connectivity index (χ1n) is 11.4. The number of rotatable bonds is 9. The number of carbonyl (C=O) groups excluding carboxylic acids is 2. The van der Waals surface area contributed by atoms with E-state index in [1.54, 1.807) is 24.3 Å². The summed E-state index contributed by atoms with van der Waals surface area (Å²) in [5.41, 5.74) is 1.46. The second kappa shape index (κ2) is 11.4. The lowest BCUT2D eigenvalue weighted by atomic mass is 10.0. The minimum Gasteiger partial charge on any atom is -0.494 e. The third kappa shape index (κ3) is 6.77. The average Bonchev–Trinajstić information content (AvgIpc) is 3.18. The SMILES string of the molecule is CCOc1ccc(C(=O)N[C@H](C(=O)Nc2nc(CN3CCCC(C)C3)cs2)C(C)C)cc1. The minimum absolute atomic E-state index is 0.0732. The number of piperidine rings is 1. The minimum atomic E-state index is -0.663. The van der Waals surface area contributed by atoms with Crippen molar-refractivity contribution in [2.24, 2.45) is 11.8 Å². The molecule has 1 aliphatic heterocycles. The summed E-state index contributed by atoms with van der Waals surface area (Å²) in [4.78, 5) is 32.6. The van der Waals surface area contributed by atoms with Gasteiger partial charge in [0, 0.05) is 24.0 Å². The number of aromatic nitrogens is 1. The van der Waals surface area contributed by atoms with Gasteiger partial charge in [-0.25, -0.2) is 4.98 Å². The fraction of sp³-hybridized carbons (Fsp3) is 0.542. The van der Waals surface area contributed by atoms with Gasteiger partial charge < -0.3 is 15.4 Å². The van der Waals surface area contributed by atoms with E-state index in [9.17, 15) is 9.59 Å². The van der Waals surface area contributed by atoms with Crippen molar-refractivity contribution in [3.05, 3.63) is 40.9 Å². The van der Waals surface area contributed by atoms with E-state index >= 15 is 0 Å². The molecule has 1 aromatic heterocycles. The fourth-order valence-electron chi connectivity index (χ4n) is 3.91. The first kappa shape index (κ1) is 24.2. The Morgan fingerprint density at radius 2 is 2.03 bits per heavy atom. The fourth-order valence-corrected chi connectivity index (χ4v) is 4.61. The molecule has 0 bridgehead atoms. The van der Waals surface area contributed by atoms with E-state index in [0.29, 0.717) is 29.0 Å². The molecule has 1 aromatic carbocycles. The second-order valence-corrected chi connectivity index (χ2v) is 9.63. The van der Waals surface area contributed by atoms with Crippen LogP contribution in [-0.2, 0) is 11.3 Å². The molecule has 1 fully saturated rings. The van der Waals surface area contributed by atoms with Crippen molar-refractivity contribution in [2.75, 3.05) is 25.0 Å². The van der Waals surface area contributed by atoms with E-state index in [2.05, 4.69) is 27.4 Å². The summed E-state index contributed by atoms with van der Waals surface area (Å²) in [6.07, 6.45) is 2.51. The van der Waals surface area contributed by atoms with Crippen molar-refractivity contribution in [1.82, 2.24) is 15.2 Å². The van der Waals surface area contributed by atoms with Gasteiger partial charge in [-0.2, -0.15) is 0 Å². The molecule has 8 heteroatoms. The van der Waals surface area contributed by atoms with Crippen LogP contribution in [-0.4, -0.2) is 47.4 Å². The van der Waals surface area contributed by atoms with Gasteiger partial charge in [-0.05, 0) is 62.4 Å². The highest BCUT2D eigenvalue weighted by atomic mass is 32.1. The molecule has 0 radical (unpaired) electrons. The second-order valence-electron chi connectivity index (χ2n) is 8.77. The third-order valence-corrected chi connectivity index (χ3v) is 6.38. The van der Waals surface area contributed by atoms with Gasteiger partial charge in [0.25, 0.3) is 5.91 Å². The Morgan fingerprint density at radius 1 is 1.28 bits per heavy atom. The van der Waals surface area contributed by atoms with Gasteiger partial charge in [0.05, 0.1) is 12.3 Å². The summed E-state index contributed by atoms with van der Waals surface area (Å²) < 4.78 is 5.41. The highest BCUT2D eigenvalue weighted by Crippen LogP contribution is 2.21. The molecule has 3 rings (SSSR count). The molecule has 2 atom stereocenters. The van der Waals surface area contributed by atoms with Crippen LogP contribution in [0.5, 0.6) is 5.75 Å². The zero-order valence-corrected chi connectivity index (χ0v) is 20.2. The highest BCUT2D eigenvalue weighted by Gasteiger charge is 2.26. The average molecular weight is 459 g/mol. The van der Waals surface area contributed by atoms with E-state index in [4.69, 9.17) is 4.74 Å². The summed E-state index contributed by atoms with van der Waals surface area (Å²) in [5.74, 6) is 0.803. The summed E-state index contributed by atoms with van der Waals surface area (Å²) in [5, 5.41) is 8.31. The molecule has 0 aliphatic carbocycles. The summed E-state index contributed by atoms with van der Waals surface area (Å²) in [7, 11) is 0. The number of ether oxygens (including phenoxy) is 1. The van der Waals surface area contributed by atoms with Crippen LogP contribution in [0.1, 0.15) is 56.6 Å². The van der Waals surface area contributed by atoms with Gasteiger partial charge in [0.1, 0.15) is 11.8 Å². The largest absolute Gasteiger partial charge is 0.494 e. The molecule has 2 amide bonds. The van der Waals surface area contributed by atoms with E-state index in [-0.39, 0.29) is 17.7 Å². The van der Waals surface area contributed by atoms with Gasteiger partial charge in [0.15, 0.2) is 5.13 Å². The van der Waals surface area contributed by atoms with Gasteiger partial charge in [-0.3, -0.25) is 14.5 Å². The molecule has 1 saturated heterocycles. The lowest BCUT2D eigenvalue weighted by Gasteiger charge is -2.30. The number of hydrogen-bond acceptors (Lipinski definition) is 6. The number of likely N-dealkylation sites (tertiary alicyclic amines) is 1. The van der Waals surface area contributed by atoms with Crippen LogP contribution in [0.25, 0.3) is 0 Å². The lowest BCUT2D eigenvalue weighted by Crippen LogP contribution is -2.47. The van der Waals surface area contributed by atoms with E-state index in [0.717, 1.165) is 25.3 Å². The normalized spacial score (nSPS) is 17.7. The van der Waals surface area contributed by atoms with E-state index in [1.165, 1.54) is 24.2 Å². The molecule has 0 spiro atoms. The number of anilines is 1. The molecule has 32 heavy (non-hydrogen) atoms. The topological polar surface area (TPSA) is 83.6 Å². The van der Waals surface area contributed by atoms with Crippen molar-refractivity contribution >= 4 is 28.3 Å². The number of hydrogen-bond donors (Lipinski definition) is 2. The van der Waals surface area contributed by atoms with Gasteiger partial charge in [0.2, 0.25) is 5.91 Å². The Balaban J connectivity index is 1.58. The first-order valence-corrected chi connectivity index (χ1v) is 12.2. The summed E-state index contributed by atoms with van der Waals surface area (Å²) in [6.45, 7) is 11.6. The molecule has 2 aromatic rings. The van der Waals surface area contributed by atoms with Gasteiger partial charge in [-0.1, -0.05) is 20.8 Å². The zero-order valence-electron chi connectivity index (χ0n) is 19.4. The molecule has 2 heterocycles. The van der Waals surface area contributed by atoms with Gasteiger partial charge >= 0.3 is 0 Å². The molecule has 7 nitrogen and oxygen atoms in total. The smallest absolute Gasteiger partial charge is 0.251 e. The van der Waals surface area contributed by atoms with Crippen LogP contribution in [0.15, 0.2) is 29.6 Å². The number of thiazole rings is 1. The van der Waals surface area contributed by atoms with Crippen LogP contribution in [0.2, 0.25) is 0 Å².